The molecule has 0 aliphatic heterocycles. The first-order valence-corrected chi connectivity index (χ1v) is 8.86. The van der Waals surface area contributed by atoms with E-state index in [1.54, 1.807) is 0 Å². The molecule has 0 spiro atoms. The van der Waals surface area contributed by atoms with E-state index in [2.05, 4.69) is 18.3 Å². The van der Waals surface area contributed by atoms with Crippen LogP contribution in [0.1, 0.15) is 88.1 Å². The molecule has 3 nitrogen and oxygen atoms in total. The molecule has 3 heteroatoms. The lowest BCUT2D eigenvalue weighted by Crippen LogP contribution is -2.17. The lowest BCUT2D eigenvalue weighted by Gasteiger charge is -2.28. The zero-order chi connectivity index (χ0) is 14.7. The third-order valence-corrected chi connectivity index (χ3v) is 5.52. The van der Waals surface area contributed by atoms with Crippen LogP contribution in [0.25, 0.3) is 0 Å². The Balaban J connectivity index is 1.84. The normalized spacial score (nSPS) is 27.0. The summed E-state index contributed by atoms with van der Waals surface area (Å²) < 4.78 is 0. The van der Waals surface area contributed by atoms with Crippen LogP contribution in [0.3, 0.4) is 0 Å². The van der Waals surface area contributed by atoms with Crippen molar-refractivity contribution in [3.8, 4) is 0 Å². The Morgan fingerprint density at radius 2 is 1.81 bits per heavy atom. The highest BCUT2D eigenvalue weighted by Crippen LogP contribution is 2.38. The van der Waals surface area contributed by atoms with Crippen LogP contribution in [0.15, 0.2) is 6.07 Å². The van der Waals surface area contributed by atoms with Gasteiger partial charge in [0.15, 0.2) is 0 Å². The summed E-state index contributed by atoms with van der Waals surface area (Å²) in [6.07, 6.45) is 11.9. The maximum absolute atomic E-state index is 5.00. The number of nitrogens with zero attached hydrogens (tertiary/aromatic N) is 2. The van der Waals surface area contributed by atoms with Gasteiger partial charge in [-0.3, -0.25) is 0 Å². The van der Waals surface area contributed by atoms with E-state index in [9.17, 15) is 0 Å². The zero-order valence-electron chi connectivity index (χ0n) is 13.6. The van der Waals surface area contributed by atoms with Crippen LogP contribution in [0, 0.1) is 5.92 Å². The molecule has 2 saturated carbocycles. The summed E-state index contributed by atoms with van der Waals surface area (Å²) in [7, 11) is 1.97. The minimum atomic E-state index is 0.581. The molecule has 2 aliphatic rings. The highest BCUT2D eigenvalue weighted by Gasteiger charge is 2.26. The van der Waals surface area contributed by atoms with Gasteiger partial charge < -0.3 is 5.32 Å². The van der Waals surface area contributed by atoms with Gasteiger partial charge in [-0.1, -0.05) is 39.0 Å². The van der Waals surface area contributed by atoms with E-state index < -0.39 is 0 Å². The molecule has 0 aromatic carbocycles. The second-order valence-corrected chi connectivity index (χ2v) is 6.91. The monoisotopic (exact) mass is 287 g/mol. The van der Waals surface area contributed by atoms with Gasteiger partial charge in [-0.05, 0) is 31.6 Å². The van der Waals surface area contributed by atoms with Crippen LogP contribution >= 0.6 is 0 Å². The van der Waals surface area contributed by atoms with Crippen molar-refractivity contribution in [2.24, 2.45) is 5.92 Å². The molecule has 1 aromatic rings. The van der Waals surface area contributed by atoms with Crippen molar-refractivity contribution in [1.82, 2.24) is 9.97 Å². The molecule has 3 rings (SSSR count). The number of rotatable bonds is 4. The minimum absolute atomic E-state index is 0.581. The van der Waals surface area contributed by atoms with E-state index >= 15 is 0 Å². The molecular formula is C18H29N3. The highest BCUT2D eigenvalue weighted by molar-refractivity contribution is 5.37. The Hall–Kier alpha value is -1.12. The van der Waals surface area contributed by atoms with Crippen molar-refractivity contribution in [3.05, 3.63) is 17.6 Å². The Bertz CT molecular complexity index is 466. The van der Waals surface area contributed by atoms with Crippen LogP contribution in [0.4, 0.5) is 5.82 Å². The molecule has 2 atom stereocenters. The van der Waals surface area contributed by atoms with Crippen molar-refractivity contribution in [2.45, 2.75) is 76.5 Å². The summed E-state index contributed by atoms with van der Waals surface area (Å²) in [4.78, 5) is 9.80. The van der Waals surface area contributed by atoms with E-state index in [0.29, 0.717) is 11.8 Å². The van der Waals surface area contributed by atoms with Gasteiger partial charge in [-0.2, -0.15) is 0 Å². The molecule has 0 radical (unpaired) electrons. The standard InChI is InChI=1S/C18H29N3/c1-3-13-7-6-10-15(11-13)18-20-16(12-17(19-2)21-18)14-8-4-5-9-14/h12-15H,3-11H2,1-2H3,(H,19,20,21). The molecule has 1 aromatic heterocycles. The second-order valence-electron chi connectivity index (χ2n) is 6.91. The molecule has 2 unspecified atom stereocenters. The van der Waals surface area contributed by atoms with Crippen molar-refractivity contribution in [2.75, 3.05) is 12.4 Å². The van der Waals surface area contributed by atoms with Crippen molar-refractivity contribution >= 4 is 5.82 Å². The number of anilines is 1. The predicted octanol–water partition coefficient (Wildman–Crippen LogP) is 4.86. The fourth-order valence-corrected chi connectivity index (χ4v) is 4.12. The van der Waals surface area contributed by atoms with Crippen LogP contribution < -0.4 is 5.32 Å². The molecule has 0 bridgehead atoms. The second kappa shape index (κ2) is 6.76. The van der Waals surface area contributed by atoms with E-state index in [1.165, 1.54) is 63.5 Å². The van der Waals surface area contributed by atoms with Gasteiger partial charge in [0, 0.05) is 30.6 Å². The lowest BCUT2D eigenvalue weighted by atomic mass is 9.80. The van der Waals surface area contributed by atoms with Crippen LogP contribution in [0.5, 0.6) is 0 Å². The van der Waals surface area contributed by atoms with Gasteiger partial charge >= 0.3 is 0 Å². The minimum Gasteiger partial charge on any atom is -0.373 e. The fourth-order valence-electron chi connectivity index (χ4n) is 4.12. The first kappa shape index (κ1) is 14.8. The zero-order valence-corrected chi connectivity index (χ0v) is 13.6. The number of hydrogen-bond acceptors (Lipinski definition) is 3. The van der Waals surface area contributed by atoms with Gasteiger partial charge in [0.05, 0.1) is 0 Å². The largest absolute Gasteiger partial charge is 0.373 e. The van der Waals surface area contributed by atoms with Crippen molar-refractivity contribution < 1.29 is 0 Å². The molecule has 2 fully saturated rings. The topological polar surface area (TPSA) is 37.8 Å². The van der Waals surface area contributed by atoms with E-state index in [-0.39, 0.29) is 0 Å². The maximum Gasteiger partial charge on any atom is 0.134 e. The van der Waals surface area contributed by atoms with Crippen LogP contribution in [-0.4, -0.2) is 17.0 Å². The lowest BCUT2D eigenvalue weighted by molar-refractivity contribution is 0.307. The van der Waals surface area contributed by atoms with E-state index in [4.69, 9.17) is 9.97 Å². The van der Waals surface area contributed by atoms with E-state index in [0.717, 1.165) is 17.6 Å². The van der Waals surface area contributed by atoms with Gasteiger partial charge in [0.1, 0.15) is 11.6 Å². The Kier molecular flexibility index (Phi) is 4.77. The summed E-state index contributed by atoms with van der Waals surface area (Å²) in [6.45, 7) is 2.32. The number of aromatic nitrogens is 2. The first-order chi connectivity index (χ1) is 10.3. The third kappa shape index (κ3) is 3.38. The average Bonchev–Trinajstić information content (AvgIpc) is 3.09. The Labute approximate surface area is 129 Å². The SMILES string of the molecule is CCC1CCCC(c2nc(NC)cc(C3CCCC3)n2)C1. The van der Waals surface area contributed by atoms with Gasteiger partial charge in [0.2, 0.25) is 0 Å². The van der Waals surface area contributed by atoms with Crippen molar-refractivity contribution in [1.29, 1.82) is 0 Å². The smallest absolute Gasteiger partial charge is 0.134 e. The fraction of sp³-hybridized carbons (Fsp3) is 0.778. The molecule has 116 valence electrons. The molecule has 2 aliphatic carbocycles. The van der Waals surface area contributed by atoms with Gasteiger partial charge in [0.25, 0.3) is 0 Å². The average molecular weight is 287 g/mol. The van der Waals surface area contributed by atoms with Gasteiger partial charge in [-0.15, -0.1) is 0 Å². The Morgan fingerprint density at radius 3 is 2.52 bits per heavy atom. The highest BCUT2D eigenvalue weighted by atomic mass is 15.0. The third-order valence-electron chi connectivity index (χ3n) is 5.52. The van der Waals surface area contributed by atoms with Crippen molar-refractivity contribution in [3.63, 3.8) is 0 Å². The molecule has 1 N–H and O–H groups in total. The molecule has 21 heavy (non-hydrogen) atoms. The maximum atomic E-state index is 5.00. The van der Waals surface area contributed by atoms with Crippen LogP contribution in [0.2, 0.25) is 0 Å². The molecular weight excluding hydrogens is 258 g/mol. The predicted molar refractivity (Wildman–Crippen MR) is 87.8 cm³/mol. The molecule has 0 saturated heterocycles. The van der Waals surface area contributed by atoms with Crippen LogP contribution in [-0.2, 0) is 0 Å². The Morgan fingerprint density at radius 1 is 1.05 bits per heavy atom. The van der Waals surface area contributed by atoms with E-state index in [1.807, 2.05) is 7.05 Å². The summed E-state index contributed by atoms with van der Waals surface area (Å²) in [5.41, 5.74) is 1.29. The van der Waals surface area contributed by atoms with Gasteiger partial charge in [-0.25, -0.2) is 9.97 Å². The summed E-state index contributed by atoms with van der Waals surface area (Å²) in [5.74, 6) is 4.25. The summed E-state index contributed by atoms with van der Waals surface area (Å²) in [6, 6.07) is 2.18. The summed E-state index contributed by atoms with van der Waals surface area (Å²) >= 11 is 0. The number of hydrogen-bond donors (Lipinski definition) is 1. The quantitative estimate of drug-likeness (QED) is 0.859. The number of nitrogens with one attached hydrogen (secondary N) is 1. The molecule has 0 amide bonds. The summed E-state index contributed by atoms with van der Waals surface area (Å²) in [5, 5.41) is 3.24. The first-order valence-electron chi connectivity index (χ1n) is 8.86. The molecule has 1 heterocycles.